The monoisotopic (exact) mass is 542 g/mol. The number of aliphatic hydroxyl groups is 1. The largest absolute Gasteiger partial charge is 0.507 e. The lowest BCUT2D eigenvalue weighted by Crippen LogP contribution is -2.29. The van der Waals surface area contributed by atoms with Crippen molar-refractivity contribution >= 4 is 17.4 Å². The summed E-state index contributed by atoms with van der Waals surface area (Å²) < 4.78 is 17.4. The highest BCUT2D eigenvalue weighted by atomic mass is 16.5. The van der Waals surface area contributed by atoms with Gasteiger partial charge in [0.05, 0.1) is 25.3 Å². The van der Waals surface area contributed by atoms with Crippen LogP contribution in [0.15, 0.2) is 66.5 Å². The quantitative estimate of drug-likeness (QED) is 0.218. The Bertz CT molecular complexity index is 1450. The van der Waals surface area contributed by atoms with Gasteiger partial charge in [0.2, 0.25) is 0 Å². The number of carbonyl (C=O) groups excluding carboxylic acids is 2. The van der Waals surface area contributed by atoms with Crippen LogP contribution in [0.3, 0.4) is 0 Å². The molecule has 2 atom stereocenters. The molecule has 2 aromatic carbocycles. The highest BCUT2D eigenvalue weighted by Crippen LogP contribution is 2.43. The number of ketones is 1. The van der Waals surface area contributed by atoms with E-state index in [2.05, 4.69) is 18.8 Å². The molecule has 0 saturated carbocycles. The smallest absolute Gasteiger partial charge is 0.295 e. The Morgan fingerprint density at radius 2 is 1.88 bits per heavy atom. The van der Waals surface area contributed by atoms with Crippen LogP contribution in [-0.4, -0.2) is 46.5 Å². The minimum atomic E-state index is -0.838. The molecule has 1 amide bonds. The molecule has 0 spiro atoms. The number of methoxy groups -OCH3 is 1. The number of carbonyl (C=O) groups is 2. The predicted molar refractivity (Wildman–Crippen MR) is 150 cm³/mol. The standard InChI is InChI=1S/C32H34N2O6/c1-19(2)11-14-39-26-8-5-22(17-27(26)38-4)29-28(30(35)23-6-7-25-24(16-23)15-20(3)40-25)31(36)32(37)34(29)18-21-9-12-33-13-10-21/h5-10,12-13,16-17,19-20,29,35H,11,14-15,18H2,1-4H3. The summed E-state index contributed by atoms with van der Waals surface area (Å²) in [5.74, 6) is 0.670. The average Bonchev–Trinajstić information content (AvgIpc) is 3.44. The maximum atomic E-state index is 13.5. The van der Waals surface area contributed by atoms with Crippen molar-refractivity contribution in [2.24, 2.45) is 5.92 Å². The number of amides is 1. The highest BCUT2D eigenvalue weighted by molar-refractivity contribution is 6.46. The van der Waals surface area contributed by atoms with Gasteiger partial charge < -0.3 is 24.2 Å². The molecule has 1 fully saturated rings. The van der Waals surface area contributed by atoms with Crippen LogP contribution in [0.1, 0.15) is 55.5 Å². The molecular formula is C32H34N2O6. The number of benzene rings is 2. The first-order valence-electron chi connectivity index (χ1n) is 13.5. The number of hydrogen-bond acceptors (Lipinski definition) is 7. The minimum Gasteiger partial charge on any atom is -0.507 e. The first kappa shape index (κ1) is 27.2. The van der Waals surface area contributed by atoms with Crippen molar-refractivity contribution in [1.82, 2.24) is 9.88 Å². The fourth-order valence-corrected chi connectivity index (χ4v) is 5.18. The number of rotatable bonds is 9. The van der Waals surface area contributed by atoms with E-state index in [1.807, 2.05) is 19.1 Å². The summed E-state index contributed by atoms with van der Waals surface area (Å²) in [6, 6.07) is 13.5. The van der Waals surface area contributed by atoms with Gasteiger partial charge in [0.25, 0.3) is 11.7 Å². The van der Waals surface area contributed by atoms with Crippen LogP contribution < -0.4 is 14.2 Å². The van der Waals surface area contributed by atoms with E-state index in [4.69, 9.17) is 14.2 Å². The van der Waals surface area contributed by atoms with Gasteiger partial charge in [-0.3, -0.25) is 14.6 Å². The first-order valence-corrected chi connectivity index (χ1v) is 13.5. The van der Waals surface area contributed by atoms with Crippen LogP contribution in [0.5, 0.6) is 17.2 Å². The summed E-state index contributed by atoms with van der Waals surface area (Å²) in [4.78, 5) is 32.5. The second kappa shape index (κ2) is 11.4. The van der Waals surface area contributed by atoms with Crippen LogP contribution in [0.2, 0.25) is 0 Å². The van der Waals surface area contributed by atoms with Gasteiger partial charge in [0.15, 0.2) is 11.5 Å². The molecule has 3 aromatic rings. The van der Waals surface area contributed by atoms with Crippen molar-refractivity contribution < 1.29 is 28.9 Å². The molecule has 208 valence electrons. The zero-order valence-electron chi connectivity index (χ0n) is 23.2. The molecule has 0 aliphatic carbocycles. The van der Waals surface area contributed by atoms with Crippen molar-refractivity contribution in [2.45, 2.75) is 52.3 Å². The summed E-state index contributed by atoms with van der Waals surface area (Å²) in [6.45, 7) is 6.94. The van der Waals surface area contributed by atoms with Crippen molar-refractivity contribution in [3.8, 4) is 17.2 Å². The summed E-state index contributed by atoms with van der Waals surface area (Å²) in [6.07, 6.45) is 4.90. The van der Waals surface area contributed by atoms with E-state index >= 15 is 0 Å². The molecule has 1 aromatic heterocycles. The number of ether oxygens (including phenoxy) is 3. The Hall–Kier alpha value is -4.33. The second-order valence-corrected chi connectivity index (χ2v) is 10.7. The van der Waals surface area contributed by atoms with Gasteiger partial charge in [0, 0.05) is 30.9 Å². The van der Waals surface area contributed by atoms with Crippen molar-refractivity contribution in [3.63, 3.8) is 0 Å². The molecule has 40 heavy (non-hydrogen) atoms. The Morgan fingerprint density at radius 1 is 1.10 bits per heavy atom. The topological polar surface area (TPSA) is 98.2 Å². The molecule has 1 N–H and O–H groups in total. The van der Waals surface area contributed by atoms with E-state index < -0.39 is 17.7 Å². The average molecular weight is 543 g/mol. The van der Waals surface area contributed by atoms with E-state index in [1.165, 1.54) is 4.90 Å². The zero-order valence-corrected chi connectivity index (χ0v) is 23.2. The number of Topliss-reactive ketones (excluding diaryl/α,β-unsaturated/α-hetero) is 1. The predicted octanol–water partition coefficient (Wildman–Crippen LogP) is 5.46. The lowest BCUT2D eigenvalue weighted by Gasteiger charge is -2.26. The maximum Gasteiger partial charge on any atom is 0.295 e. The summed E-state index contributed by atoms with van der Waals surface area (Å²) in [7, 11) is 1.55. The van der Waals surface area contributed by atoms with Crippen LogP contribution in [0.25, 0.3) is 5.76 Å². The van der Waals surface area contributed by atoms with Gasteiger partial charge in [-0.2, -0.15) is 0 Å². The van der Waals surface area contributed by atoms with Gasteiger partial charge >= 0.3 is 0 Å². The fourth-order valence-electron chi connectivity index (χ4n) is 5.18. The van der Waals surface area contributed by atoms with Crippen molar-refractivity contribution in [3.05, 3.63) is 88.8 Å². The Balaban J connectivity index is 1.59. The van der Waals surface area contributed by atoms with E-state index in [1.54, 1.807) is 55.9 Å². The number of nitrogens with zero attached hydrogens (tertiary/aromatic N) is 2. The number of aromatic nitrogens is 1. The number of likely N-dealkylation sites (tertiary alicyclic amines) is 1. The lowest BCUT2D eigenvalue weighted by molar-refractivity contribution is -0.140. The van der Waals surface area contributed by atoms with Crippen LogP contribution in [0.4, 0.5) is 0 Å². The zero-order chi connectivity index (χ0) is 28.4. The Labute approximate surface area is 234 Å². The van der Waals surface area contributed by atoms with E-state index in [0.717, 1.165) is 23.3 Å². The molecule has 8 heteroatoms. The third-order valence-electron chi connectivity index (χ3n) is 7.27. The van der Waals surface area contributed by atoms with Crippen LogP contribution in [0, 0.1) is 5.92 Å². The number of hydrogen-bond donors (Lipinski definition) is 1. The third-order valence-corrected chi connectivity index (χ3v) is 7.27. The molecule has 1 saturated heterocycles. The van der Waals surface area contributed by atoms with Gasteiger partial charge in [-0.15, -0.1) is 0 Å². The molecule has 2 unspecified atom stereocenters. The molecular weight excluding hydrogens is 508 g/mol. The number of aliphatic hydroxyl groups excluding tert-OH is 1. The maximum absolute atomic E-state index is 13.5. The van der Waals surface area contributed by atoms with Crippen LogP contribution >= 0.6 is 0 Å². The molecule has 0 bridgehead atoms. The Kier molecular flexibility index (Phi) is 7.78. The lowest BCUT2D eigenvalue weighted by atomic mass is 9.94. The molecule has 2 aliphatic heterocycles. The fraction of sp³-hybridized carbons (Fsp3) is 0.344. The SMILES string of the molecule is COc1cc(C2C(=C(O)c3ccc4c(c3)CC(C)O4)C(=O)C(=O)N2Cc2ccncc2)ccc1OCCC(C)C. The second-order valence-electron chi connectivity index (χ2n) is 10.7. The number of fused-ring (bicyclic) bond motifs is 1. The van der Waals surface area contributed by atoms with E-state index in [9.17, 15) is 14.7 Å². The normalized spacial score (nSPS) is 19.6. The van der Waals surface area contributed by atoms with Gasteiger partial charge in [-0.25, -0.2) is 0 Å². The molecule has 8 nitrogen and oxygen atoms in total. The summed E-state index contributed by atoms with van der Waals surface area (Å²) in [5.41, 5.74) is 2.88. The Morgan fingerprint density at radius 3 is 2.60 bits per heavy atom. The summed E-state index contributed by atoms with van der Waals surface area (Å²) in [5, 5.41) is 11.5. The van der Waals surface area contributed by atoms with Crippen molar-refractivity contribution in [2.75, 3.05) is 13.7 Å². The summed E-state index contributed by atoms with van der Waals surface area (Å²) >= 11 is 0. The van der Waals surface area contributed by atoms with Gasteiger partial charge in [-0.1, -0.05) is 19.9 Å². The third kappa shape index (κ3) is 5.39. The molecule has 2 aliphatic rings. The van der Waals surface area contributed by atoms with Gasteiger partial charge in [-0.05, 0) is 78.4 Å². The molecule has 5 rings (SSSR count). The molecule has 0 radical (unpaired) electrons. The first-order chi connectivity index (χ1) is 19.3. The van der Waals surface area contributed by atoms with Crippen molar-refractivity contribution in [1.29, 1.82) is 0 Å². The number of pyridine rings is 1. The molecule has 3 heterocycles. The highest BCUT2D eigenvalue weighted by Gasteiger charge is 2.46. The van der Waals surface area contributed by atoms with E-state index in [-0.39, 0.29) is 24.0 Å². The minimum absolute atomic E-state index is 0.0292. The van der Waals surface area contributed by atoms with Gasteiger partial charge in [0.1, 0.15) is 17.6 Å². The van der Waals surface area contributed by atoms with Crippen LogP contribution in [-0.2, 0) is 22.6 Å². The van der Waals surface area contributed by atoms with E-state index in [0.29, 0.717) is 41.6 Å².